The number of amides is 1. The number of nitrogens with zero attached hydrogens (tertiary/aromatic N) is 1. The highest BCUT2D eigenvalue weighted by Gasteiger charge is 2.26. The van der Waals surface area contributed by atoms with Crippen LogP contribution in [-0.4, -0.2) is 11.1 Å². The molecule has 1 N–H and O–H groups in total. The van der Waals surface area contributed by atoms with E-state index in [9.17, 15) is 9.18 Å². The van der Waals surface area contributed by atoms with E-state index in [0.29, 0.717) is 10.1 Å². The number of hydrogen-bond donors (Lipinski definition) is 1. The highest BCUT2D eigenvalue weighted by Crippen LogP contribution is 2.32. The fourth-order valence-electron chi connectivity index (χ4n) is 2.37. The molecule has 0 unspecified atom stereocenters. The second-order valence-electron chi connectivity index (χ2n) is 5.45. The molecule has 2 aromatic rings. The van der Waals surface area contributed by atoms with E-state index >= 15 is 0 Å². The summed E-state index contributed by atoms with van der Waals surface area (Å²) < 4.78 is 13.0. The van der Waals surface area contributed by atoms with Gasteiger partial charge in [-0.25, -0.2) is 9.38 Å². The Labute approximate surface area is 144 Å². The van der Waals surface area contributed by atoms with E-state index in [1.54, 1.807) is 12.1 Å². The van der Waals surface area contributed by atoms with Crippen LogP contribution in [-0.2, 0) is 11.2 Å². The van der Waals surface area contributed by atoms with Gasteiger partial charge in [-0.15, -0.1) is 0 Å². The molecule has 0 aliphatic carbocycles. The van der Waals surface area contributed by atoms with Crippen LogP contribution in [0, 0.1) is 5.82 Å². The molecule has 0 saturated carbocycles. The number of halogens is 1. The second-order valence-corrected chi connectivity index (χ2v) is 6.45. The van der Waals surface area contributed by atoms with E-state index in [0.717, 1.165) is 23.2 Å². The van der Waals surface area contributed by atoms with Crippen molar-refractivity contribution in [1.82, 2.24) is 5.32 Å². The van der Waals surface area contributed by atoms with Crippen molar-refractivity contribution in [2.45, 2.75) is 20.3 Å². The molecule has 1 aliphatic heterocycles. The molecule has 5 heteroatoms. The van der Waals surface area contributed by atoms with Crippen molar-refractivity contribution in [3.63, 3.8) is 0 Å². The Bertz CT molecular complexity index is 823. The number of rotatable bonds is 3. The molecule has 24 heavy (non-hydrogen) atoms. The molecule has 1 saturated heterocycles. The summed E-state index contributed by atoms with van der Waals surface area (Å²) in [5.41, 5.74) is 3.68. The third kappa shape index (κ3) is 3.57. The molecule has 0 atom stereocenters. The van der Waals surface area contributed by atoms with Gasteiger partial charge in [0.2, 0.25) is 0 Å². The highest BCUT2D eigenvalue weighted by atomic mass is 32.2. The molecule has 1 amide bonds. The molecular formula is C19H17FN2OS. The van der Waals surface area contributed by atoms with Crippen LogP contribution in [0.1, 0.15) is 25.0 Å². The predicted molar refractivity (Wildman–Crippen MR) is 97.6 cm³/mol. The lowest BCUT2D eigenvalue weighted by Gasteiger charge is -2.03. The maximum Gasteiger partial charge on any atom is 0.264 e. The first-order valence-corrected chi connectivity index (χ1v) is 8.52. The number of benzene rings is 2. The van der Waals surface area contributed by atoms with Gasteiger partial charge in [0.25, 0.3) is 5.91 Å². The van der Waals surface area contributed by atoms with E-state index in [4.69, 9.17) is 0 Å². The van der Waals surface area contributed by atoms with Crippen molar-refractivity contribution in [2.75, 3.05) is 0 Å². The molecule has 1 fully saturated rings. The minimum atomic E-state index is -0.294. The van der Waals surface area contributed by atoms with Gasteiger partial charge in [0, 0.05) is 0 Å². The number of allylic oxidation sites excluding steroid dienone is 1. The Morgan fingerprint density at radius 2 is 1.79 bits per heavy atom. The standard InChI is InChI=1S/C19H17FN2OS/c1-3-13-4-10-16(11-5-13)21-19-22-18(23)17(24-19)12(2)14-6-8-15(20)9-7-14/h4-11H,3H2,1-2H3,(H,21,22,23)/b17-12-. The van der Waals surface area contributed by atoms with E-state index < -0.39 is 0 Å². The van der Waals surface area contributed by atoms with Crippen LogP contribution in [0.25, 0.3) is 5.57 Å². The van der Waals surface area contributed by atoms with E-state index in [1.807, 2.05) is 31.2 Å². The molecule has 1 aliphatic rings. The lowest BCUT2D eigenvalue weighted by Crippen LogP contribution is -2.19. The summed E-state index contributed by atoms with van der Waals surface area (Å²) in [5, 5.41) is 3.34. The van der Waals surface area contributed by atoms with Crippen LogP contribution in [0.3, 0.4) is 0 Å². The monoisotopic (exact) mass is 340 g/mol. The fraction of sp³-hybridized carbons (Fsp3) is 0.158. The van der Waals surface area contributed by atoms with Crippen molar-refractivity contribution >= 4 is 34.1 Å². The Hall–Kier alpha value is -2.40. The largest absolute Gasteiger partial charge is 0.300 e. The zero-order chi connectivity index (χ0) is 17.1. The molecule has 122 valence electrons. The minimum absolute atomic E-state index is 0.175. The molecule has 3 rings (SSSR count). The van der Waals surface area contributed by atoms with Crippen molar-refractivity contribution in [1.29, 1.82) is 0 Å². The van der Waals surface area contributed by atoms with Gasteiger partial charge in [0.1, 0.15) is 5.82 Å². The number of nitrogens with one attached hydrogen (secondary N) is 1. The number of amidine groups is 1. The minimum Gasteiger partial charge on any atom is -0.300 e. The van der Waals surface area contributed by atoms with Gasteiger partial charge >= 0.3 is 0 Å². The maximum absolute atomic E-state index is 13.0. The predicted octanol–water partition coefficient (Wildman–Crippen LogP) is 4.67. The molecule has 0 radical (unpaired) electrons. The third-order valence-electron chi connectivity index (χ3n) is 3.82. The summed E-state index contributed by atoms with van der Waals surface area (Å²) in [6.45, 7) is 3.96. The maximum atomic E-state index is 13.0. The SMILES string of the molecule is CCc1ccc(N=C2NC(=O)/C(=C(\C)c3ccc(F)cc3)S2)cc1. The topological polar surface area (TPSA) is 41.5 Å². The fourth-order valence-corrected chi connectivity index (χ4v) is 3.28. The Morgan fingerprint density at radius 1 is 1.12 bits per heavy atom. The van der Waals surface area contributed by atoms with Gasteiger partial charge in [-0.1, -0.05) is 31.2 Å². The molecule has 0 aromatic heterocycles. The molecule has 1 heterocycles. The zero-order valence-corrected chi connectivity index (χ0v) is 14.3. The molecule has 0 spiro atoms. The van der Waals surface area contributed by atoms with Crippen LogP contribution < -0.4 is 5.32 Å². The van der Waals surface area contributed by atoms with E-state index in [-0.39, 0.29) is 11.7 Å². The van der Waals surface area contributed by atoms with Crippen molar-refractivity contribution in [3.8, 4) is 0 Å². The average Bonchev–Trinajstić information content (AvgIpc) is 2.96. The Balaban J connectivity index is 1.85. The van der Waals surface area contributed by atoms with Gasteiger partial charge < -0.3 is 5.32 Å². The van der Waals surface area contributed by atoms with E-state index in [1.165, 1.54) is 29.5 Å². The van der Waals surface area contributed by atoms with Crippen LogP contribution in [0.2, 0.25) is 0 Å². The quantitative estimate of drug-likeness (QED) is 0.825. The van der Waals surface area contributed by atoms with Gasteiger partial charge in [0.05, 0.1) is 10.6 Å². The molecule has 2 aromatic carbocycles. The lowest BCUT2D eigenvalue weighted by atomic mass is 10.1. The van der Waals surface area contributed by atoms with Crippen LogP contribution in [0.4, 0.5) is 10.1 Å². The number of carbonyl (C=O) groups is 1. The summed E-state index contributed by atoms with van der Waals surface area (Å²) in [5.74, 6) is -0.469. The summed E-state index contributed by atoms with van der Waals surface area (Å²) in [6, 6.07) is 14.1. The lowest BCUT2D eigenvalue weighted by molar-refractivity contribution is -0.115. The summed E-state index contributed by atoms with van der Waals surface area (Å²) >= 11 is 1.31. The van der Waals surface area contributed by atoms with Crippen LogP contribution in [0.15, 0.2) is 58.4 Å². The Kier molecular flexibility index (Phi) is 4.81. The normalized spacial score (nSPS) is 18.0. The van der Waals surface area contributed by atoms with Gasteiger partial charge in [-0.05, 0) is 66.1 Å². The average molecular weight is 340 g/mol. The number of thioether (sulfide) groups is 1. The smallest absolute Gasteiger partial charge is 0.264 e. The van der Waals surface area contributed by atoms with E-state index in [2.05, 4.69) is 17.2 Å². The molecule has 3 nitrogen and oxygen atoms in total. The van der Waals surface area contributed by atoms with Gasteiger partial charge in [0.15, 0.2) is 5.17 Å². The van der Waals surface area contributed by atoms with Gasteiger partial charge in [-0.2, -0.15) is 0 Å². The third-order valence-corrected chi connectivity index (χ3v) is 4.90. The summed E-state index contributed by atoms with van der Waals surface area (Å²) in [6.07, 6.45) is 0.978. The second kappa shape index (κ2) is 7.01. The summed E-state index contributed by atoms with van der Waals surface area (Å²) in [7, 11) is 0. The van der Waals surface area contributed by atoms with Gasteiger partial charge in [-0.3, -0.25) is 4.79 Å². The van der Waals surface area contributed by atoms with Crippen LogP contribution in [0.5, 0.6) is 0 Å². The first-order chi connectivity index (χ1) is 11.6. The molecule has 0 bridgehead atoms. The van der Waals surface area contributed by atoms with Crippen LogP contribution >= 0.6 is 11.8 Å². The number of aliphatic imine (C=N–C) groups is 1. The first-order valence-electron chi connectivity index (χ1n) is 7.70. The van der Waals surface area contributed by atoms with Crippen molar-refractivity contribution < 1.29 is 9.18 Å². The number of aryl methyl sites for hydroxylation is 1. The highest BCUT2D eigenvalue weighted by molar-refractivity contribution is 8.18. The zero-order valence-electron chi connectivity index (χ0n) is 13.5. The van der Waals surface area contributed by atoms with Crippen molar-refractivity contribution in [3.05, 3.63) is 70.4 Å². The first kappa shape index (κ1) is 16.5. The molecular weight excluding hydrogens is 323 g/mol. The number of carbonyl (C=O) groups excluding carboxylic acids is 1. The Morgan fingerprint density at radius 3 is 2.42 bits per heavy atom. The summed E-state index contributed by atoms with van der Waals surface area (Å²) in [4.78, 5) is 17.3. The number of hydrogen-bond acceptors (Lipinski definition) is 3. The van der Waals surface area contributed by atoms with Crippen molar-refractivity contribution in [2.24, 2.45) is 4.99 Å².